The van der Waals surface area contributed by atoms with Crippen molar-refractivity contribution in [2.24, 2.45) is 0 Å². The van der Waals surface area contributed by atoms with E-state index in [1.807, 2.05) is 30.3 Å². The fraction of sp³-hybridized carbons (Fsp3) is 0.630. The van der Waals surface area contributed by atoms with Crippen molar-refractivity contribution >= 4 is 11.9 Å². The number of unbranched alkanes of at least 4 members (excludes halogenated alkanes) is 8. The van der Waals surface area contributed by atoms with E-state index < -0.39 is 24.0 Å². The highest BCUT2D eigenvalue weighted by molar-refractivity contribution is 5.87. The largest absolute Gasteiger partial charge is 0.478 e. The van der Waals surface area contributed by atoms with Crippen molar-refractivity contribution in [2.75, 3.05) is 0 Å². The predicted molar refractivity (Wildman–Crippen MR) is 131 cm³/mol. The van der Waals surface area contributed by atoms with E-state index >= 15 is 0 Å². The van der Waals surface area contributed by atoms with Crippen molar-refractivity contribution in [3.05, 3.63) is 47.5 Å². The summed E-state index contributed by atoms with van der Waals surface area (Å²) in [5.74, 6) is -1.39. The van der Waals surface area contributed by atoms with Gasteiger partial charge in [0.25, 0.3) is 0 Å². The number of amides is 1. The monoisotopic (exact) mass is 445 g/mol. The van der Waals surface area contributed by atoms with Crippen molar-refractivity contribution in [1.82, 2.24) is 5.32 Å². The van der Waals surface area contributed by atoms with E-state index in [0.29, 0.717) is 19.3 Å². The maximum Gasteiger partial charge on any atom is 0.331 e. The SMILES string of the molecule is CCCCCCCCCCC(O)C(=O)N[C@H](C=C(Cc1ccccc1)C(=O)O)CCCC. The van der Waals surface area contributed by atoms with Gasteiger partial charge in [0.1, 0.15) is 6.10 Å². The first-order chi connectivity index (χ1) is 15.5. The Morgan fingerprint density at radius 3 is 2.06 bits per heavy atom. The fourth-order valence-corrected chi connectivity index (χ4v) is 3.77. The zero-order chi connectivity index (χ0) is 23.6. The van der Waals surface area contributed by atoms with Gasteiger partial charge < -0.3 is 15.5 Å². The van der Waals surface area contributed by atoms with Crippen LogP contribution in [0.5, 0.6) is 0 Å². The van der Waals surface area contributed by atoms with Crippen LogP contribution in [-0.4, -0.2) is 34.2 Å². The molecule has 0 saturated carbocycles. The number of carboxylic acids is 1. The molecular weight excluding hydrogens is 402 g/mol. The molecule has 3 N–H and O–H groups in total. The topological polar surface area (TPSA) is 86.6 Å². The number of hydrogen-bond donors (Lipinski definition) is 3. The zero-order valence-electron chi connectivity index (χ0n) is 20.0. The molecule has 0 aliphatic heterocycles. The summed E-state index contributed by atoms with van der Waals surface area (Å²) in [6.45, 7) is 4.27. The Labute approximate surface area is 194 Å². The molecule has 5 heteroatoms. The average Bonchev–Trinajstić information content (AvgIpc) is 2.79. The first-order valence-electron chi connectivity index (χ1n) is 12.4. The zero-order valence-corrected chi connectivity index (χ0v) is 20.0. The summed E-state index contributed by atoms with van der Waals surface area (Å²) >= 11 is 0. The Kier molecular flexibility index (Phi) is 15.2. The van der Waals surface area contributed by atoms with Crippen LogP contribution < -0.4 is 5.32 Å². The number of aliphatic hydroxyl groups excluding tert-OH is 1. The number of rotatable bonds is 18. The highest BCUT2D eigenvalue weighted by Crippen LogP contribution is 2.14. The van der Waals surface area contributed by atoms with Gasteiger partial charge in [0, 0.05) is 18.0 Å². The van der Waals surface area contributed by atoms with E-state index in [1.165, 1.54) is 32.1 Å². The van der Waals surface area contributed by atoms with Crippen LogP contribution in [0.2, 0.25) is 0 Å². The summed E-state index contributed by atoms with van der Waals surface area (Å²) in [5.41, 5.74) is 1.17. The van der Waals surface area contributed by atoms with Gasteiger partial charge in [-0.05, 0) is 18.4 Å². The molecule has 1 aromatic carbocycles. The van der Waals surface area contributed by atoms with E-state index in [9.17, 15) is 19.8 Å². The van der Waals surface area contributed by atoms with Crippen molar-refractivity contribution < 1.29 is 19.8 Å². The summed E-state index contributed by atoms with van der Waals surface area (Å²) in [4.78, 5) is 24.3. The molecule has 0 bridgehead atoms. The molecule has 0 fully saturated rings. The van der Waals surface area contributed by atoms with Crippen molar-refractivity contribution in [3.63, 3.8) is 0 Å². The molecule has 0 saturated heterocycles. The van der Waals surface area contributed by atoms with Crippen molar-refractivity contribution in [1.29, 1.82) is 0 Å². The molecule has 0 spiro atoms. The Morgan fingerprint density at radius 2 is 1.47 bits per heavy atom. The highest BCUT2D eigenvalue weighted by atomic mass is 16.4. The molecule has 0 heterocycles. The van der Waals surface area contributed by atoms with Gasteiger partial charge in [0.05, 0.1) is 0 Å². The molecule has 1 unspecified atom stereocenters. The molecule has 0 aliphatic rings. The first kappa shape index (κ1) is 27.9. The number of nitrogens with one attached hydrogen (secondary N) is 1. The second-order valence-corrected chi connectivity index (χ2v) is 8.70. The van der Waals surface area contributed by atoms with E-state index in [4.69, 9.17) is 0 Å². The van der Waals surface area contributed by atoms with E-state index in [0.717, 1.165) is 37.7 Å². The Bertz CT molecular complexity index is 671. The van der Waals surface area contributed by atoms with Gasteiger partial charge in [-0.1, -0.05) is 114 Å². The van der Waals surface area contributed by atoms with Gasteiger partial charge in [-0.25, -0.2) is 4.79 Å². The minimum atomic E-state index is -1.05. The summed E-state index contributed by atoms with van der Waals surface area (Å²) in [5, 5.41) is 22.8. The lowest BCUT2D eigenvalue weighted by molar-refractivity contribution is -0.133. The Morgan fingerprint density at radius 1 is 0.875 bits per heavy atom. The normalized spacial score (nSPS) is 13.5. The minimum absolute atomic E-state index is 0.259. The van der Waals surface area contributed by atoms with Crippen LogP contribution in [0.1, 0.15) is 96.5 Å². The van der Waals surface area contributed by atoms with Gasteiger partial charge in [-0.15, -0.1) is 0 Å². The van der Waals surface area contributed by atoms with Crippen molar-refractivity contribution in [2.45, 2.75) is 109 Å². The van der Waals surface area contributed by atoms with E-state index in [-0.39, 0.29) is 5.57 Å². The molecule has 2 atom stereocenters. The van der Waals surface area contributed by atoms with E-state index in [1.54, 1.807) is 6.08 Å². The van der Waals surface area contributed by atoms with Crippen LogP contribution >= 0.6 is 0 Å². The molecule has 0 aliphatic carbocycles. The second-order valence-electron chi connectivity index (χ2n) is 8.70. The fourth-order valence-electron chi connectivity index (χ4n) is 3.77. The summed E-state index contributed by atoms with van der Waals surface area (Å²) in [6.07, 6.45) is 13.1. The summed E-state index contributed by atoms with van der Waals surface area (Å²) in [7, 11) is 0. The number of carbonyl (C=O) groups is 2. The molecule has 32 heavy (non-hydrogen) atoms. The number of hydrogen-bond acceptors (Lipinski definition) is 3. The number of carbonyl (C=O) groups excluding carboxylic acids is 1. The van der Waals surface area contributed by atoms with Crippen LogP contribution in [0.3, 0.4) is 0 Å². The molecule has 1 aromatic rings. The summed E-state index contributed by atoms with van der Waals surface area (Å²) < 4.78 is 0. The predicted octanol–water partition coefficient (Wildman–Crippen LogP) is 5.81. The minimum Gasteiger partial charge on any atom is -0.478 e. The number of benzene rings is 1. The third kappa shape index (κ3) is 12.7. The molecule has 0 aromatic heterocycles. The van der Waals surface area contributed by atoms with Gasteiger partial charge in [-0.3, -0.25) is 4.79 Å². The lowest BCUT2D eigenvalue weighted by Crippen LogP contribution is -2.41. The lowest BCUT2D eigenvalue weighted by Gasteiger charge is -2.19. The van der Waals surface area contributed by atoms with Gasteiger partial charge in [0.15, 0.2) is 0 Å². The van der Waals surface area contributed by atoms with Gasteiger partial charge in [0.2, 0.25) is 5.91 Å². The lowest BCUT2D eigenvalue weighted by atomic mass is 10.00. The number of carboxylic acid groups (broad SMARTS) is 1. The molecular formula is C27H43NO4. The molecule has 1 amide bonds. The van der Waals surface area contributed by atoms with E-state index in [2.05, 4.69) is 19.2 Å². The van der Waals surface area contributed by atoms with Crippen LogP contribution in [0.25, 0.3) is 0 Å². The molecule has 180 valence electrons. The quantitative estimate of drug-likeness (QED) is 0.197. The Balaban J connectivity index is 2.57. The van der Waals surface area contributed by atoms with Crippen LogP contribution in [0.15, 0.2) is 42.0 Å². The first-order valence-corrected chi connectivity index (χ1v) is 12.4. The van der Waals surface area contributed by atoms with Crippen LogP contribution in [-0.2, 0) is 16.0 Å². The average molecular weight is 446 g/mol. The third-order valence-corrected chi connectivity index (χ3v) is 5.74. The number of aliphatic hydroxyl groups is 1. The third-order valence-electron chi connectivity index (χ3n) is 5.74. The summed E-state index contributed by atoms with van der Waals surface area (Å²) in [6, 6.07) is 9.05. The second kappa shape index (κ2) is 17.4. The molecule has 0 radical (unpaired) electrons. The van der Waals surface area contributed by atoms with Gasteiger partial charge in [-0.2, -0.15) is 0 Å². The number of aliphatic carboxylic acids is 1. The smallest absolute Gasteiger partial charge is 0.331 e. The molecule has 1 rings (SSSR count). The van der Waals surface area contributed by atoms with Gasteiger partial charge >= 0.3 is 5.97 Å². The maximum absolute atomic E-state index is 12.5. The van der Waals surface area contributed by atoms with Crippen LogP contribution in [0.4, 0.5) is 0 Å². The van der Waals surface area contributed by atoms with Crippen LogP contribution in [0, 0.1) is 0 Å². The molecule has 5 nitrogen and oxygen atoms in total. The standard InChI is InChI=1S/C27H43NO4/c1-3-5-7-8-9-10-11-15-19-25(29)26(30)28-24(18-6-4-2)21-23(27(31)32)20-22-16-13-12-14-17-22/h12-14,16-17,21,24-25,29H,3-11,15,18-20H2,1-2H3,(H,28,30)(H,31,32)/t24-,25?/m0/s1. The Hall–Kier alpha value is -2.14. The highest BCUT2D eigenvalue weighted by Gasteiger charge is 2.19. The van der Waals surface area contributed by atoms with Crippen molar-refractivity contribution in [3.8, 4) is 0 Å². The maximum atomic E-state index is 12.5.